The Labute approximate surface area is 105 Å². The predicted octanol–water partition coefficient (Wildman–Crippen LogP) is 2.64. The Balaban J connectivity index is 2.23. The van der Waals surface area contributed by atoms with Gasteiger partial charge in [0.1, 0.15) is 11.6 Å². The zero-order chi connectivity index (χ0) is 12.0. The van der Waals surface area contributed by atoms with Crippen molar-refractivity contribution in [3.63, 3.8) is 0 Å². The minimum Gasteiger partial charge on any atom is -0.458 e. The summed E-state index contributed by atoms with van der Waals surface area (Å²) in [6.07, 6.45) is 0. The lowest BCUT2D eigenvalue weighted by atomic mass is 10.4. The second-order valence-electron chi connectivity index (χ2n) is 3.71. The summed E-state index contributed by atoms with van der Waals surface area (Å²) in [5.74, 6) is 2.52. The summed E-state index contributed by atoms with van der Waals surface area (Å²) in [5, 5.41) is 4.30. The van der Waals surface area contributed by atoms with Crippen LogP contribution in [-0.4, -0.2) is 14.6 Å². The van der Waals surface area contributed by atoms with Crippen molar-refractivity contribution in [1.29, 1.82) is 0 Å². The Bertz CT molecular complexity index is 701. The lowest BCUT2D eigenvalue weighted by Gasteiger charge is -1.97. The molecule has 0 saturated heterocycles. The minimum atomic E-state index is 0.524. The molecule has 0 atom stereocenters. The van der Waals surface area contributed by atoms with Crippen LogP contribution in [0.15, 0.2) is 33.2 Å². The summed E-state index contributed by atoms with van der Waals surface area (Å²) in [4.78, 5) is 4.37. The van der Waals surface area contributed by atoms with Gasteiger partial charge in [0.25, 0.3) is 0 Å². The number of furan rings is 1. The van der Waals surface area contributed by atoms with Gasteiger partial charge in [0.15, 0.2) is 11.4 Å². The van der Waals surface area contributed by atoms with Gasteiger partial charge in [-0.05, 0) is 31.2 Å². The van der Waals surface area contributed by atoms with Crippen LogP contribution in [0.2, 0.25) is 0 Å². The fourth-order valence-corrected chi connectivity index (χ4v) is 2.07. The topological polar surface area (TPSA) is 69.3 Å². The molecule has 86 valence electrons. The third-order valence-electron chi connectivity index (χ3n) is 2.39. The number of rotatable bonds is 1. The first kappa shape index (κ1) is 10.3. The van der Waals surface area contributed by atoms with E-state index in [0.29, 0.717) is 23.0 Å². The third-order valence-corrected chi connectivity index (χ3v) is 2.85. The molecule has 17 heavy (non-hydrogen) atoms. The van der Waals surface area contributed by atoms with Crippen LogP contribution in [-0.2, 0) is 0 Å². The summed E-state index contributed by atoms with van der Waals surface area (Å²) in [7, 11) is 0. The summed E-state index contributed by atoms with van der Waals surface area (Å²) in [6, 6.07) is 7.34. The molecule has 5 nitrogen and oxygen atoms in total. The number of pyridine rings is 1. The van der Waals surface area contributed by atoms with Crippen molar-refractivity contribution in [2.24, 2.45) is 0 Å². The van der Waals surface area contributed by atoms with Crippen LogP contribution in [0.25, 0.3) is 17.2 Å². The van der Waals surface area contributed by atoms with Crippen molar-refractivity contribution >= 4 is 27.4 Å². The molecule has 0 fully saturated rings. The van der Waals surface area contributed by atoms with E-state index in [4.69, 9.17) is 10.2 Å². The maximum atomic E-state index is 5.85. The van der Waals surface area contributed by atoms with E-state index in [1.54, 1.807) is 10.6 Å². The molecule has 3 aromatic rings. The number of aryl methyl sites for hydroxylation is 1. The van der Waals surface area contributed by atoms with Gasteiger partial charge >= 0.3 is 0 Å². The van der Waals surface area contributed by atoms with Crippen molar-refractivity contribution in [2.75, 3.05) is 5.73 Å². The Morgan fingerprint density at radius 3 is 2.88 bits per heavy atom. The van der Waals surface area contributed by atoms with Gasteiger partial charge in [-0.25, -0.2) is 4.98 Å². The number of hydrogen-bond acceptors (Lipinski definition) is 4. The molecule has 0 aliphatic carbocycles. The molecule has 6 heteroatoms. The summed E-state index contributed by atoms with van der Waals surface area (Å²) in [5.41, 5.74) is 6.53. The van der Waals surface area contributed by atoms with Crippen molar-refractivity contribution in [3.05, 3.63) is 34.5 Å². The Morgan fingerprint density at radius 2 is 2.18 bits per heavy atom. The quantitative estimate of drug-likeness (QED) is 0.749. The Kier molecular flexibility index (Phi) is 2.19. The first-order valence-corrected chi connectivity index (χ1v) is 5.81. The maximum Gasteiger partial charge on any atom is 0.217 e. The van der Waals surface area contributed by atoms with E-state index in [2.05, 4.69) is 26.0 Å². The smallest absolute Gasteiger partial charge is 0.217 e. The molecule has 3 heterocycles. The predicted molar refractivity (Wildman–Crippen MR) is 67.5 cm³/mol. The minimum absolute atomic E-state index is 0.524. The molecule has 0 spiro atoms. The largest absolute Gasteiger partial charge is 0.458 e. The van der Waals surface area contributed by atoms with Crippen LogP contribution in [0.3, 0.4) is 0 Å². The molecule has 0 unspecified atom stereocenters. The number of nitrogens with two attached hydrogens (primary N) is 1. The lowest BCUT2D eigenvalue weighted by molar-refractivity contribution is 0.544. The highest BCUT2D eigenvalue weighted by Gasteiger charge is 2.11. The SMILES string of the molecule is Cc1ccc(-c2nc3cc(Br)cc(N)n3n2)o1. The van der Waals surface area contributed by atoms with Gasteiger partial charge < -0.3 is 10.2 Å². The molecule has 0 aliphatic rings. The standard InChI is InChI=1S/C11H9BrN4O/c1-6-2-3-8(17-6)11-14-10-5-7(12)4-9(13)16(10)15-11/h2-5H,13H2,1H3. The van der Waals surface area contributed by atoms with Crippen LogP contribution in [0.1, 0.15) is 5.76 Å². The number of halogens is 1. The molecule has 0 aromatic carbocycles. The lowest BCUT2D eigenvalue weighted by Crippen LogP contribution is -1.97. The van der Waals surface area contributed by atoms with E-state index in [1.165, 1.54) is 0 Å². The molecule has 3 aromatic heterocycles. The van der Waals surface area contributed by atoms with E-state index in [-0.39, 0.29) is 0 Å². The van der Waals surface area contributed by atoms with Crippen LogP contribution >= 0.6 is 15.9 Å². The second kappa shape index (κ2) is 3.59. The van der Waals surface area contributed by atoms with Crippen LogP contribution in [0, 0.1) is 6.92 Å². The molecule has 0 amide bonds. The van der Waals surface area contributed by atoms with Gasteiger partial charge in [-0.15, -0.1) is 5.10 Å². The van der Waals surface area contributed by atoms with E-state index in [0.717, 1.165) is 10.2 Å². The van der Waals surface area contributed by atoms with Gasteiger partial charge in [-0.2, -0.15) is 4.52 Å². The third kappa shape index (κ3) is 1.70. The van der Waals surface area contributed by atoms with Crippen molar-refractivity contribution in [3.8, 4) is 11.6 Å². The van der Waals surface area contributed by atoms with Gasteiger partial charge in [0, 0.05) is 4.47 Å². The van der Waals surface area contributed by atoms with Crippen LogP contribution in [0.5, 0.6) is 0 Å². The second-order valence-corrected chi connectivity index (χ2v) is 4.63. The fourth-order valence-electron chi connectivity index (χ4n) is 1.63. The van der Waals surface area contributed by atoms with Gasteiger partial charge in [0.2, 0.25) is 5.82 Å². The number of aromatic nitrogens is 3. The number of hydrogen-bond donors (Lipinski definition) is 1. The highest BCUT2D eigenvalue weighted by molar-refractivity contribution is 9.10. The maximum absolute atomic E-state index is 5.85. The van der Waals surface area contributed by atoms with E-state index in [1.807, 2.05) is 25.1 Å². The summed E-state index contributed by atoms with van der Waals surface area (Å²) >= 11 is 3.37. The van der Waals surface area contributed by atoms with Crippen molar-refractivity contribution in [1.82, 2.24) is 14.6 Å². The average Bonchev–Trinajstić information content (AvgIpc) is 2.83. The van der Waals surface area contributed by atoms with E-state index < -0.39 is 0 Å². The first-order chi connectivity index (χ1) is 8.13. The fraction of sp³-hybridized carbons (Fsp3) is 0.0909. The van der Waals surface area contributed by atoms with Gasteiger partial charge in [-0.3, -0.25) is 0 Å². The van der Waals surface area contributed by atoms with Crippen molar-refractivity contribution in [2.45, 2.75) is 6.92 Å². The van der Waals surface area contributed by atoms with E-state index >= 15 is 0 Å². The normalized spacial score (nSPS) is 11.2. The molecule has 0 aliphatic heterocycles. The highest BCUT2D eigenvalue weighted by atomic mass is 79.9. The zero-order valence-electron chi connectivity index (χ0n) is 9.01. The zero-order valence-corrected chi connectivity index (χ0v) is 10.6. The number of nitrogen functional groups attached to an aromatic ring is 1. The van der Waals surface area contributed by atoms with Gasteiger partial charge in [0.05, 0.1) is 0 Å². The molecule has 2 N–H and O–H groups in total. The molecular formula is C11H9BrN4O. The Morgan fingerprint density at radius 1 is 1.35 bits per heavy atom. The molecule has 0 bridgehead atoms. The van der Waals surface area contributed by atoms with E-state index in [9.17, 15) is 0 Å². The summed E-state index contributed by atoms with van der Waals surface area (Å²) in [6.45, 7) is 1.88. The number of anilines is 1. The first-order valence-electron chi connectivity index (χ1n) is 5.02. The van der Waals surface area contributed by atoms with Crippen molar-refractivity contribution < 1.29 is 4.42 Å². The molecule has 3 rings (SSSR count). The Hall–Kier alpha value is -1.82. The van der Waals surface area contributed by atoms with Crippen LogP contribution < -0.4 is 5.73 Å². The average molecular weight is 293 g/mol. The van der Waals surface area contributed by atoms with Crippen LogP contribution in [0.4, 0.5) is 5.82 Å². The summed E-state index contributed by atoms with van der Waals surface area (Å²) < 4.78 is 7.93. The molecule has 0 radical (unpaired) electrons. The monoisotopic (exact) mass is 292 g/mol. The highest BCUT2D eigenvalue weighted by Crippen LogP contribution is 2.22. The van der Waals surface area contributed by atoms with Gasteiger partial charge in [-0.1, -0.05) is 15.9 Å². The molecular weight excluding hydrogens is 284 g/mol. The number of nitrogens with zero attached hydrogens (tertiary/aromatic N) is 3. The molecule has 0 saturated carbocycles. The number of fused-ring (bicyclic) bond motifs is 1.